The highest BCUT2D eigenvalue weighted by Crippen LogP contribution is 2.37. The number of hydrogen-bond acceptors (Lipinski definition) is 4. The number of aliphatic carboxylic acids is 1. The molecule has 0 aliphatic rings. The summed E-state index contributed by atoms with van der Waals surface area (Å²) >= 11 is 0. The Hall–Kier alpha value is -3.94. The molecule has 1 aromatic heterocycles. The van der Waals surface area contributed by atoms with Crippen molar-refractivity contribution < 1.29 is 23.1 Å². The summed E-state index contributed by atoms with van der Waals surface area (Å²) in [6, 6.07) is 21.9. The van der Waals surface area contributed by atoms with E-state index < -0.39 is 17.7 Å². The number of hydrogen-bond donors (Lipinski definition) is 1. The third-order valence-corrected chi connectivity index (χ3v) is 5.46. The number of carboxylic acid groups (broad SMARTS) is 1. The number of para-hydroxylation sites is 1. The molecule has 1 heterocycles. The van der Waals surface area contributed by atoms with E-state index in [9.17, 15) is 23.1 Å². The van der Waals surface area contributed by atoms with Crippen LogP contribution in [0.1, 0.15) is 17.5 Å². The molecular weight excluding hydrogens is 443 g/mol. The van der Waals surface area contributed by atoms with Crippen LogP contribution in [0.3, 0.4) is 0 Å². The lowest BCUT2D eigenvalue weighted by atomic mass is 10.1. The van der Waals surface area contributed by atoms with Crippen LogP contribution >= 0.6 is 0 Å². The molecule has 4 aromatic rings. The number of halogens is 3. The normalized spacial score (nSPS) is 11.5. The minimum atomic E-state index is -4.57. The average Bonchev–Trinajstić information content (AvgIpc) is 2.83. The summed E-state index contributed by atoms with van der Waals surface area (Å²) in [5.41, 5.74) is 0.601. The van der Waals surface area contributed by atoms with Gasteiger partial charge in [0.2, 0.25) is 0 Å². The third kappa shape index (κ3) is 5.33. The predicted molar refractivity (Wildman–Crippen MR) is 125 cm³/mol. The van der Waals surface area contributed by atoms with Crippen LogP contribution in [0, 0.1) is 0 Å². The van der Waals surface area contributed by atoms with Crippen molar-refractivity contribution in [3.63, 3.8) is 0 Å². The van der Waals surface area contributed by atoms with Crippen LogP contribution in [-0.4, -0.2) is 34.1 Å². The molecule has 4 rings (SSSR count). The molecule has 1 N–H and O–H groups in total. The molecule has 34 heavy (non-hydrogen) atoms. The predicted octanol–water partition coefficient (Wildman–Crippen LogP) is 5.84. The quantitative estimate of drug-likeness (QED) is 0.354. The Balaban J connectivity index is 1.82. The zero-order valence-corrected chi connectivity index (χ0v) is 18.2. The number of aromatic nitrogens is 2. The Bertz CT molecular complexity index is 1290. The minimum absolute atomic E-state index is 0.0540. The van der Waals surface area contributed by atoms with Crippen molar-refractivity contribution in [1.29, 1.82) is 0 Å². The smallest absolute Gasteiger partial charge is 0.417 e. The van der Waals surface area contributed by atoms with Gasteiger partial charge in [0, 0.05) is 24.0 Å². The van der Waals surface area contributed by atoms with Gasteiger partial charge in [0.1, 0.15) is 5.82 Å². The number of anilines is 1. The Labute approximate surface area is 194 Å². The van der Waals surface area contributed by atoms with Crippen molar-refractivity contribution >= 4 is 22.7 Å². The highest BCUT2D eigenvalue weighted by atomic mass is 19.4. The molecule has 0 aliphatic heterocycles. The maximum atomic E-state index is 13.7. The standard InChI is InChI=1S/C26H22F3N3O2/c27-26(28,29)21-12-6-4-10-19(21)24-30-22-13-7-5-11-20(22)25(31-24)32(17-15-23(33)34)16-14-18-8-2-1-3-9-18/h1-13H,14-17H2,(H,33,34). The third-order valence-electron chi connectivity index (χ3n) is 5.46. The Kier molecular flexibility index (Phi) is 6.77. The molecule has 0 unspecified atom stereocenters. The molecule has 0 bridgehead atoms. The highest BCUT2D eigenvalue weighted by Gasteiger charge is 2.34. The largest absolute Gasteiger partial charge is 0.481 e. The zero-order chi connectivity index (χ0) is 24.1. The number of nitrogens with zero attached hydrogens (tertiary/aromatic N) is 3. The van der Waals surface area contributed by atoms with Crippen LogP contribution in [0.5, 0.6) is 0 Å². The topological polar surface area (TPSA) is 66.3 Å². The van der Waals surface area contributed by atoms with Crippen molar-refractivity contribution in [2.45, 2.75) is 19.0 Å². The van der Waals surface area contributed by atoms with Gasteiger partial charge in [0.25, 0.3) is 0 Å². The van der Waals surface area contributed by atoms with E-state index in [1.165, 1.54) is 18.2 Å². The highest BCUT2D eigenvalue weighted by molar-refractivity contribution is 5.91. The van der Waals surface area contributed by atoms with Crippen molar-refractivity contribution in [3.05, 3.63) is 90.0 Å². The Morgan fingerprint density at radius 3 is 2.26 bits per heavy atom. The van der Waals surface area contributed by atoms with Crippen LogP contribution in [-0.2, 0) is 17.4 Å². The summed E-state index contributed by atoms with van der Waals surface area (Å²) in [5, 5.41) is 9.93. The van der Waals surface area contributed by atoms with Gasteiger partial charge in [-0.3, -0.25) is 4.79 Å². The van der Waals surface area contributed by atoms with Gasteiger partial charge in [-0.25, -0.2) is 9.97 Å². The molecular formula is C26H22F3N3O2. The number of rotatable bonds is 8. The molecule has 174 valence electrons. The summed E-state index contributed by atoms with van der Waals surface area (Å²) in [7, 11) is 0. The maximum absolute atomic E-state index is 13.7. The fraction of sp³-hybridized carbons (Fsp3) is 0.192. The van der Waals surface area contributed by atoms with E-state index in [4.69, 9.17) is 0 Å². The van der Waals surface area contributed by atoms with Crippen LogP contribution in [0.4, 0.5) is 19.0 Å². The molecule has 0 radical (unpaired) electrons. The summed E-state index contributed by atoms with van der Waals surface area (Å²) in [5.74, 6) is -0.609. The summed E-state index contributed by atoms with van der Waals surface area (Å²) < 4.78 is 41.1. The molecule has 3 aromatic carbocycles. The number of benzene rings is 3. The second-order valence-corrected chi connectivity index (χ2v) is 7.80. The second-order valence-electron chi connectivity index (χ2n) is 7.80. The first-order chi connectivity index (χ1) is 16.3. The number of fused-ring (bicyclic) bond motifs is 1. The first-order valence-electron chi connectivity index (χ1n) is 10.8. The van der Waals surface area contributed by atoms with Gasteiger partial charge in [-0.05, 0) is 30.2 Å². The van der Waals surface area contributed by atoms with Gasteiger partial charge >= 0.3 is 12.1 Å². The summed E-state index contributed by atoms with van der Waals surface area (Å²) in [6.07, 6.45) is -4.09. The Morgan fingerprint density at radius 1 is 0.853 bits per heavy atom. The van der Waals surface area contributed by atoms with Gasteiger partial charge in [0.05, 0.1) is 17.5 Å². The molecule has 5 nitrogen and oxygen atoms in total. The lowest BCUT2D eigenvalue weighted by Crippen LogP contribution is -2.30. The summed E-state index contributed by atoms with van der Waals surface area (Å²) in [6.45, 7) is 0.599. The number of carbonyl (C=O) groups is 1. The Morgan fingerprint density at radius 2 is 1.53 bits per heavy atom. The first-order valence-corrected chi connectivity index (χ1v) is 10.8. The van der Waals surface area contributed by atoms with Gasteiger partial charge in [-0.2, -0.15) is 13.2 Å². The van der Waals surface area contributed by atoms with Crippen LogP contribution < -0.4 is 4.90 Å². The minimum Gasteiger partial charge on any atom is -0.481 e. The second kappa shape index (κ2) is 9.91. The molecule has 0 spiro atoms. The monoisotopic (exact) mass is 465 g/mol. The van der Waals surface area contributed by atoms with E-state index in [2.05, 4.69) is 9.97 Å². The maximum Gasteiger partial charge on any atom is 0.417 e. The van der Waals surface area contributed by atoms with E-state index in [1.54, 1.807) is 24.3 Å². The van der Waals surface area contributed by atoms with E-state index in [0.29, 0.717) is 29.7 Å². The molecule has 0 aliphatic carbocycles. The molecule has 0 saturated carbocycles. The van der Waals surface area contributed by atoms with Gasteiger partial charge in [0.15, 0.2) is 5.82 Å². The van der Waals surface area contributed by atoms with Crippen LogP contribution in [0.2, 0.25) is 0 Å². The molecule has 0 atom stereocenters. The fourth-order valence-electron chi connectivity index (χ4n) is 3.81. The molecule has 0 fully saturated rings. The van der Waals surface area contributed by atoms with E-state index in [1.807, 2.05) is 35.2 Å². The zero-order valence-electron chi connectivity index (χ0n) is 18.2. The fourth-order valence-corrected chi connectivity index (χ4v) is 3.81. The summed E-state index contributed by atoms with van der Waals surface area (Å²) in [4.78, 5) is 22.1. The molecule has 0 saturated heterocycles. The SMILES string of the molecule is O=C(O)CCN(CCc1ccccc1)c1nc(-c2ccccc2C(F)(F)F)nc2ccccc12. The van der Waals surface area contributed by atoms with Gasteiger partial charge in [-0.15, -0.1) is 0 Å². The van der Waals surface area contributed by atoms with E-state index >= 15 is 0 Å². The average molecular weight is 465 g/mol. The first kappa shape index (κ1) is 23.2. The lowest BCUT2D eigenvalue weighted by molar-refractivity contribution is -0.137. The number of carboxylic acids is 1. The van der Waals surface area contributed by atoms with Gasteiger partial charge < -0.3 is 10.0 Å². The van der Waals surface area contributed by atoms with Crippen molar-refractivity contribution in [2.75, 3.05) is 18.0 Å². The van der Waals surface area contributed by atoms with E-state index in [0.717, 1.165) is 11.6 Å². The van der Waals surface area contributed by atoms with Crippen molar-refractivity contribution in [3.8, 4) is 11.4 Å². The molecule has 0 amide bonds. The van der Waals surface area contributed by atoms with Gasteiger partial charge in [-0.1, -0.05) is 60.7 Å². The lowest BCUT2D eigenvalue weighted by Gasteiger charge is -2.25. The van der Waals surface area contributed by atoms with Crippen LogP contribution in [0.25, 0.3) is 22.3 Å². The van der Waals surface area contributed by atoms with Crippen LogP contribution in [0.15, 0.2) is 78.9 Å². The van der Waals surface area contributed by atoms with E-state index in [-0.39, 0.29) is 24.4 Å². The molecule has 8 heteroatoms. The number of alkyl halides is 3. The van der Waals surface area contributed by atoms with Crippen molar-refractivity contribution in [2.24, 2.45) is 0 Å². The van der Waals surface area contributed by atoms with Crippen molar-refractivity contribution in [1.82, 2.24) is 9.97 Å².